The molecule has 3 nitrogen and oxygen atoms in total. The van der Waals surface area contributed by atoms with Crippen LogP contribution in [0.15, 0.2) is 9.98 Å². The van der Waals surface area contributed by atoms with Crippen LogP contribution in [0.3, 0.4) is 0 Å². The zero-order valence-corrected chi connectivity index (χ0v) is 4.68. The van der Waals surface area contributed by atoms with Gasteiger partial charge in [0.05, 0.1) is 6.34 Å². The number of hydrogen-bond donors (Lipinski definition) is 1. The summed E-state index contributed by atoms with van der Waals surface area (Å²) in [6.07, 6.45) is 1.09. The third-order valence-electron chi connectivity index (χ3n) is 0.366. The summed E-state index contributed by atoms with van der Waals surface area (Å²) in [4.78, 5) is 6.89. The van der Waals surface area contributed by atoms with Crippen LogP contribution >= 0.6 is 11.6 Å². The minimum atomic E-state index is 0.169. The first kappa shape index (κ1) is 6.43. The van der Waals surface area contributed by atoms with Gasteiger partial charge in [0.2, 0.25) is 5.29 Å². The SMILES string of the molecule is C/N=C(Cl)\N=C/N. The van der Waals surface area contributed by atoms with E-state index in [2.05, 4.69) is 9.98 Å². The van der Waals surface area contributed by atoms with Gasteiger partial charge in [0.15, 0.2) is 0 Å². The molecule has 0 aliphatic heterocycles. The van der Waals surface area contributed by atoms with Gasteiger partial charge in [-0.05, 0) is 11.6 Å². The molecule has 0 aromatic heterocycles. The molecule has 0 fully saturated rings. The van der Waals surface area contributed by atoms with Crippen molar-refractivity contribution in [3.05, 3.63) is 0 Å². The Morgan fingerprint density at radius 1 is 1.86 bits per heavy atom. The zero-order chi connectivity index (χ0) is 5.70. The Hall–Kier alpha value is -0.570. The summed E-state index contributed by atoms with van der Waals surface area (Å²) < 4.78 is 0. The normalized spacial score (nSPS) is 13.1. The topological polar surface area (TPSA) is 50.7 Å². The van der Waals surface area contributed by atoms with Gasteiger partial charge in [0, 0.05) is 7.05 Å². The van der Waals surface area contributed by atoms with E-state index in [0.29, 0.717) is 0 Å². The minimum Gasteiger partial charge on any atom is -0.390 e. The predicted octanol–water partition coefficient (Wildman–Crippen LogP) is 0.198. The largest absolute Gasteiger partial charge is 0.390 e. The standard InChI is InChI=1S/C3H6ClN3/c1-6-3(4)7-2-5/h2H,1H3,(H2,5,6,7). The van der Waals surface area contributed by atoms with Gasteiger partial charge in [-0.15, -0.1) is 0 Å². The van der Waals surface area contributed by atoms with Gasteiger partial charge in [-0.1, -0.05) is 0 Å². The first-order chi connectivity index (χ1) is 3.31. The summed E-state index contributed by atoms with van der Waals surface area (Å²) in [5.41, 5.74) is 4.85. The first-order valence-corrected chi connectivity index (χ1v) is 2.05. The van der Waals surface area contributed by atoms with Crippen molar-refractivity contribution in [3.63, 3.8) is 0 Å². The summed E-state index contributed by atoms with van der Waals surface area (Å²) in [7, 11) is 1.54. The minimum absolute atomic E-state index is 0.169. The molecule has 0 aromatic rings. The highest BCUT2D eigenvalue weighted by Crippen LogP contribution is 1.81. The number of rotatable bonds is 0. The van der Waals surface area contributed by atoms with Crippen molar-refractivity contribution < 1.29 is 0 Å². The number of hydrogen-bond acceptors (Lipinski definition) is 1. The van der Waals surface area contributed by atoms with E-state index in [1.54, 1.807) is 0 Å². The summed E-state index contributed by atoms with van der Waals surface area (Å²) in [6.45, 7) is 0. The van der Waals surface area contributed by atoms with Crippen molar-refractivity contribution >= 4 is 23.2 Å². The molecule has 0 saturated carbocycles. The summed E-state index contributed by atoms with van der Waals surface area (Å²) in [5.74, 6) is 0. The Balaban J connectivity index is 3.58. The van der Waals surface area contributed by atoms with Crippen LogP contribution < -0.4 is 5.73 Å². The molecule has 0 aliphatic rings. The van der Waals surface area contributed by atoms with Crippen molar-refractivity contribution in [2.75, 3.05) is 7.05 Å². The van der Waals surface area contributed by atoms with E-state index in [0.717, 1.165) is 6.34 Å². The van der Waals surface area contributed by atoms with Gasteiger partial charge in [-0.2, -0.15) is 0 Å². The molecule has 0 aromatic carbocycles. The van der Waals surface area contributed by atoms with E-state index in [1.807, 2.05) is 0 Å². The number of nitrogens with two attached hydrogens (primary N) is 1. The van der Waals surface area contributed by atoms with E-state index in [4.69, 9.17) is 17.3 Å². The van der Waals surface area contributed by atoms with E-state index < -0.39 is 0 Å². The predicted molar refractivity (Wildman–Crippen MR) is 31.9 cm³/mol. The molecule has 0 atom stereocenters. The van der Waals surface area contributed by atoms with E-state index in [1.165, 1.54) is 7.05 Å². The smallest absolute Gasteiger partial charge is 0.218 e. The quantitative estimate of drug-likeness (QED) is 0.276. The highest BCUT2D eigenvalue weighted by atomic mass is 35.5. The molecule has 0 aliphatic carbocycles. The van der Waals surface area contributed by atoms with E-state index >= 15 is 0 Å². The second-order valence-corrected chi connectivity index (χ2v) is 1.11. The molecule has 0 radical (unpaired) electrons. The lowest BCUT2D eigenvalue weighted by molar-refractivity contribution is 1.43. The molecular weight excluding hydrogens is 114 g/mol. The molecule has 2 N–H and O–H groups in total. The lowest BCUT2D eigenvalue weighted by Gasteiger charge is -1.77. The van der Waals surface area contributed by atoms with Crippen LogP contribution in [-0.4, -0.2) is 18.7 Å². The van der Waals surface area contributed by atoms with Gasteiger partial charge in [-0.3, -0.25) is 4.99 Å². The van der Waals surface area contributed by atoms with Crippen molar-refractivity contribution in [3.8, 4) is 0 Å². The molecular formula is C3H6ClN3. The van der Waals surface area contributed by atoms with Crippen LogP contribution in [0.2, 0.25) is 0 Å². The third-order valence-corrected chi connectivity index (χ3v) is 0.632. The average Bonchev–Trinajstić information content (AvgIpc) is 1.68. The average molecular weight is 120 g/mol. The number of halogens is 1. The summed E-state index contributed by atoms with van der Waals surface area (Å²) in [5, 5.41) is 0.169. The van der Waals surface area contributed by atoms with Crippen molar-refractivity contribution in [1.82, 2.24) is 0 Å². The molecule has 0 unspecified atom stereocenters. The number of aliphatic imine (C=N–C) groups is 2. The Morgan fingerprint density at radius 2 is 2.43 bits per heavy atom. The first-order valence-electron chi connectivity index (χ1n) is 1.67. The molecule has 0 heterocycles. The van der Waals surface area contributed by atoms with Crippen LogP contribution in [-0.2, 0) is 0 Å². The van der Waals surface area contributed by atoms with E-state index in [9.17, 15) is 0 Å². The lowest BCUT2D eigenvalue weighted by atomic mass is 11.1. The molecule has 4 heteroatoms. The Bertz CT molecular complexity index is 96.4. The number of nitrogens with zero attached hydrogens (tertiary/aromatic N) is 2. The molecule has 0 rings (SSSR count). The van der Waals surface area contributed by atoms with Gasteiger partial charge in [0.25, 0.3) is 0 Å². The van der Waals surface area contributed by atoms with Gasteiger partial charge in [-0.25, -0.2) is 4.99 Å². The fraction of sp³-hybridized carbons (Fsp3) is 0.333. The van der Waals surface area contributed by atoms with E-state index in [-0.39, 0.29) is 5.29 Å². The Labute approximate surface area is 46.9 Å². The molecule has 7 heavy (non-hydrogen) atoms. The lowest BCUT2D eigenvalue weighted by Crippen LogP contribution is -1.91. The van der Waals surface area contributed by atoms with Crippen LogP contribution in [0.25, 0.3) is 0 Å². The molecule has 0 amide bonds. The van der Waals surface area contributed by atoms with Gasteiger partial charge in [0.1, 0.15) is 0 Å². The molecule has 40 valence electrons. The maximum atomic E-state index is 5.24. The van der Waals surface area contributed by atoms with Gasteiger partial charge < -0.3 is 5.73 Å². The fourth-order valence-electron chi connectivity index (χ4n) is 0.119. The van der Waals surface area contributed by atoms with Crippen LogP contribution in [0.4, 0.5) is 0 Å². The monoisotopic (exact) mass is 119 g/mol. The van der Waals surface area contributed by atoms with Crippen LogP contribution in [0.1, 0.15) is 0 Å². The maximum absolute atomic E-state index is 5.24. The van der Waals surface area contributed by atoms with Gasteiger partial charge >= 0.3 is 0 Å². The fourth-order valence-corrected chi connectivity index (χ4v) is 0.176. The Morgan fingerprint density at radius 3 is 2.57 bits per heavy atom. The second-order valence-electron chi connectivity index (χ2n) is 0.771. The second kappa shape index (κ2) is 3.61. The van der Waals surface area contributed by atoms with Crippen LogP contribution in [0.5, 0.6) is 0 Å². The zero-order valence-electron chi connectivity index (χ0n) is 3.93. The van der Waals surface area contributed by atoms with Crippen molar-refractivity contribution in [2.45, 2.75) is 0 Å². The van der Waals surface area contributed by atoms with Crippen LogP contribution in [0, 0.1) is 0 Å². The summed E-state index contributed by atoms with van der Waals surface area (Å²) >= 11 is 5.24. The molecule has 0 saturated heterocycles. The third kappa shape index (κ3) is 3.26. The molecule has 0 bridgehead atoms. The van der Waals surface area contributed by atoms with Crippen molar-refractivity contribution in [1.29, 1.82) is 0 Å². The van der Waals surface area contributed by atoms with Crippen molar-refractivity contribution in [2.24, 2.45) is 15.7 Å². The number of amidine groups is 1. The molecule has 0 spiro atoms. The summed E-state index contributed by atoms with van der Waals surface area (Å²) in [6, 6.07) is 0. The highest BCUT2D eigenvalue weighted by Gasteiger charge is 1.76. The highest BCUT2D eigenvalue weighted by molar-refractivity contribution is 6.65. The Kier molecular flexibility index (Phi) is 3.32. The maximum Gasteiger partial charge on any atom is 0.218 e.